The van der Waals surface area contributed by atoms with E-state index in [1.54, 1.807) is 7.11 Å². The van der Waals surface area contributed by atoms with Crippen molar-refractivity contribution in [3.8, 4) is 5.75 Å². The fourth-order valence-corrected chi connectivity index (χ4v) is 2.30. The summed E-state index contributed by atoms with van der Waals surface area (Å²) in [5, 5.41) is 3.01. The summed E-state index contributed by atoms with van der Waals surface area (Å²) in [5.41, 5.74) is 2.22. The summed E-state index contributed by atoms with van der Waals surface area (Å²) in [4.78, 5) is 13.7. The fraction of sp³-hybridized carbons (Fsp3) is 0.500. The molecule has 0 aliphatic carbocycles. The van der Waals surface area contributed by atoms with Gasteiger partial charge in [-0.3, -0.25) is 0 Å². The van der Waals surface area contributed by atoms with E-state index in [1.165, 1.54) is 5.56 Å². The smallest absolute Gasteiger partial charge is 0.318 e. The number of benzene rings is 1. The lowest BCUT2D eigenvalue weighted by atomic mass is 10.0. The van der Waals surface area contributed by atoms with Gasteiger partial charge in [0.25, 0.3) is 0 Å². The van der Waals surface area contributed by atoms with Crippen LogP contribution in [0.1, 0.15) is 31.0 Å². The third-order valence-corrected chi connectivity index (χ3v) is 3.32. The molecule has 4 nitrogen and oxygen atoms in total. The van der Waals surface area contributed by atoms with Gasteiger partial charge in [-0.15, -0.1) is 0 Å². The summed E-state index contributed by atoms with van der Waals surface area (Å²) < 4.78 is 5.37. The molecule has 0 saturated carbocycles. The summed E-state index contributed by atoms with van der Waals surface area (Å²) in [6, 6.07) is 6.26. The number of methoxy groups -OCH3 is 1. The lowest BCUT2D eigenvalue weighted by molar-refractivity contribution is 0.206. The zero-order valence-corrected chi connectivity index (χ0v) is 11.4. The number of amides is 2. The number of aryl methyl sites for hydroxylation is 1. The van der Waals surface area contributed by atoms with Crippen molar-refractivity contribution in [1.82, 2.24) is 10.2 Å². The van der Waals surface area contributed by atoms with Crippen molar-refractivity contribution in [1.29, 1.82) is 0 Å². The molecule has 0 bridgehead atoms. The molecule has 2 amide bonds. The number of hydrogen-bond acceptors (Lipinski definition) is 2. The Morgan fingerprint density at radius 1 is 1.44 bits per heavy atom. The second kappa shape index (κ2) is 4.88. The van der Waals surface area contributed by atoms with Crippen molar-refractivity contribution in [3.63, 3.8) is 0 Å². The molecule has 1 atom stereocenters. The standard InChI is InChI=1S/C14H20N2O2/c1-9(2)16-8-12(15-14(16)17)11-7-10(3)5-6-13(11)18-4/h5-7,9,12H,8H2,1-4H3,(H,15,17). The average molecular weight is 248 g/mol. The predicted molar refractivity (Wildman–Crippen MR) is 70.8 cm³/mol. The van der Waals surface area contributed by atoms with E-state index in [2.05, 4.69) is 11.4 Å². The minimum absolute atomic E-state index is 0.00133. The van der Waals surface area contributed by atoms with E-state index >= 15 is 0 Å². The Balaban J connectivity index is 2.28. The first-order chi connectivity index (χ1) is 8.52. The third kappa shape index (κ3) is 2.28. The maximum Gasteiger partial charge on any atom is 0.318 e. The maximum atomic E-state index is 11.9. The van der Waals surface area contributed by atoms with Gasteiger partial charge in [-0.2, -0.15) is 0 Å². The Bertz CT molecular complexity index is 457. The topological polar surface area (TPSA) is 41.6 Å². The second-order valence-electron chi connectivity index (χ2n) is 4.99. The number of nitrogens with zero attached hydrogens (tertiary/aromatic N) is 1. The number of carbonyl (C=O) groups is 1. The average Bonchev–Trinajstić information content (AvgIpc) is 2.71. The largest absolute Gasteiger partial charge is 0.496 e. The summed E-state index contributed by atoms with van der Waals surface area (Å²) in [6.45, 7) is 6.78. The molecule has 98 valence electrons. The van der Waals surface area contributed by atoms with Gasteiger partial charge in [-0.1, -0.05) is 17.7 Å². The van der Waals surface area contributed by atoms with Crippen molar-refractivity contribution >= 4 is 6.03 Å². The van der Waals surface area contributed by atoms with Crippen LogP contribution in [0.25, 0.3) is 0 Å². The SMILES string of the molecule is COc1ccc(C)cc1C1CN(C(C)C)C(=O)N1. The fourth-order valence-electron chi connectivity index (χ4n) is 2.30. The minimum Gasteiger partial charge on any atom is -0.496 e. The van der Waals surface area contributed by atoms with E-state index in [-0.39, 0.29) is 18.1 Å². The van der Waals surface area contributed by atoms with Gasteiger partial charge in [0.15, 0.2) is 0 Å². The summed E-state index contributed by atoms with van der Waals surface area (Å²) in [5.74, 6) is 0.830. The van der Waals surface area contributed by atoms with Crippen molar-refractivity contribution in [2.45, 2.75) is 32.9 Å². The highest BCUT2D eigenvalue weighted by atomic mass is 16.5. The van der Waals surface area contributed by atoms with Crippen molar-refractivity contribution in [3.05, 3.63) is 29.3 Å². The van der Waals surface area contributed by atoms with Crippen molar-refractivity contribution in [2.24, 2.45) is 0 Å². The minimum atomic E-state index is -0.00133. The summed E-state index contributed by atoms with van der Waals surface area (Å²) >= 11 is 0. The third-order valence-electron chi connectivity index (χ3n) is 3.32. The first kappa shape index (κ1) is 12.7. The first-order valence-corrected chi connectivity index (χ1v) is 6.24. The Morgan fingerprint density at radius 3 is 2.72 bits per heavy atom. The molecule has 1 aromatic carbocycles. The Kier molecular flexibility index (Phi) is 3.45. The number of nitrogens with one attached hydrogen (secondary N) is 1. The highest BCUT2D eigenvalue weighted by Crippen LogP contribution is 2.30. The molecule has 2 rings (SSSR count). The summed E-state index contributed by atoms with van der Waals surface area (Å²) in [6.07, 6.45) is 0. The van der Waals surface area contributed by atoms with Gasteiger partial charge in [0.2, 0.25) is 0 Å². The summed E-state index contributed by atoms with van der Waals surface area (Å²) in [7, 11) is 1.66. The van der Waals surface area contributed by atoms with Crippen LogP contribution in [0.5, 0.6) is 5.75 Å². The van der Waals surface area contributed by atoms with Gasteiger partial charge in [0, 0.05) is 18.2 Å². The van der Waals surface area contributed by atoms with Gasteiger partial charge in [0.1, 0.15) is 5.75 Å². The molecular formula is C14H20N2O2. The van der Waals surface area contributed by atoms with Gasteiger partial charge >= 0.3 is 6.03 Å². The highest BCUT2D eigenvalue weighted by molar-refractivity contribution is 5.77. The maximum absolute atomic E-state index is 11.9. The Labute approximate surface area is 108 Å². The molecule has 0 aromatic heterocycles. The van der Waals surface area contributed by atoms with E-state index in [0.29, 0.717) is 6.54 Å². The van der Waals surface area contributed by atoms with Gasteiger partial charge in [-0.25, -0.2) is 4.79 Å². The Hall–Kier alpha value is -1.71. The molecule has 1 aliphatic heterocycles. The van der Waals surface area contributed by atoms with Gasteiger partial charge in [0.05, 0.1) is 13.2 Å². The Morgan fingerprint density at radius 2 is 2.17 bits per heavy atom. The molecule has 1 heterocycles. The second-order valence-corrected chi connectivity index (χ2v) is 4.99. The lowest BCUT2D eigenvalue weighted by Crippen LogP contribution is -2.33. The molecule has 1 unspecified atom stereocenters. The van der Waals surface area contributed by atoms with E-state index in [0.717, 1.165) is 11.3 Å². The molecule has 4 heteroatoms. The normalized spacial score (nSPS) is 19.3. The molecule has 1 N–H and O–H groups in total. The quantitative estimate of drug-likeness (QED) is 0.892. The number of hydrogen-bond donors (Lipinski definition) is 1. The van der Waals surface area contributed by atoms with Crippen LogP contribution in [-0.4, -0.2) is 30.6 Å². The number of rotatable bonds is 3. The van der Waals surface area contributed by atoms with Gasteiger partial charge < -0.3 is 15.0 Å². The first-order valence-electron chi connectivity index (χ1n) is 6.24. The highest BCUT2D eigenvalue weighted by Gasteiger charge is 2.32. The van der Waals surface area contributed by atoms with Gasteiger partial charge in [-0.05, 0) is 26.8 Å². The van der Waals surface area contributed by atoms with Crippen LogP contribution in [0.2, 0.25) is 0 Å². The van der Waals surface area contributed by atoms with E-state index in [4.69, 9.17) is 4.74 Å². The lowest BCUT2D eigenvalue weighted by Gasteiger charge is -2.19. The van der Waals surface area contributed by atoms with E-state index in [9.17, 15) is 4.79 Å². The van der Waals surface area contributed by atoms with Crippen LogP contribution >= 0.6 is 0 Å². The van der Waals surface area contributed by atoms with Crippen LogP contribution in [0.4, 0.5) is 4.79 Å². The predicted octanol–water partition coefficient (Wildman–Crippen LogP) is 2.48. The monoisotopic (exact) mass is 248 g/mol. The van der Waals surface area contributed by atoms with Crippen LogP contribution in [0.3, 0.4) is 0 Å². The molecule has 1 fully saturated rings. The molecule has 18 heavy (non-hydrogen) atoms. The van der Waals surface area contributed by atoms with Crippen molar-refractivity contribution < 1.29 is 9.53 Å². The number of ether oxygens (including phenoxy) is 1. The van der Waals surface area contributed by atoms with Crippen molar-refractivity contribution in [2.75, 3.05) is 13.7 Å². The number of carbonyl (C=O) groups excluding carboxylic acids is 1. The molecule has 1 saturated heterocycles. The van der Waals surface area contributed by atoms with Crippen LogP contribution in [-0.2, 0) is 0 Å². The molecule has 0 spiro atoms. The van der Waals surface area contributed by atoms with E-state index in [1.807, 2.05) is 37.8 Å². The zero-order valence-electron chi connectivity index (χ0n) is 11.4. The zero-order chi connectivity index (χ0) is 13.3. The van der Waals surface area contributed by atoms with Crippen LogP contribution in [0.15, 0.2) is 18.2 Å². The van der Waals surface area contributed by atoms with Crippen LogP contribution < -0.4 is 10.1 Å². The van der Waals surface area contributed by atoms with Crippen LogP contribution in [0, 0.1) is 6.92 Å². The van der Waals surface area contributed by atoms with E-state index < -0.39 is 0 Å². The molecule has 1 aliphatic rings. The molecular weight excluding hydrogens is 228 g/mol. The molecule has 1 aromatic rings. The number of urea groups is 1. The molecule has 0 radical (unpaired) electrons.